The number of benzene rings is 3. The zero-order valence-corrected chi connectivity index (χ0v) is 18.9. The predicted molar refractivity (Wildman–Crippen MR) is 132 cm³/mol. The van der Waals surface area contributed by atoms with Crippen LogP contribution in [0.15, 0.2) is 83.7 Å². The number of para-hydroxylation sites is 1. The maximum Gasteiger partial charge on any atom is 0.278 e. The van der Waals surface area contributed by atoms with E-state index in [4.69, 9.17) is 11.6 Å². The van der Waals surface area contributed by atoms with Crippen LogP contribution in [0.25, 0.3) is 33.1 Å². The molecule has 2 N–H and O–H groups in total. The fourth-order valence-electron chi connectivity index (χ4n) is 3.63. The minimum Gasteiger partial charge on any atom is -0.271 e. The molecule has 0 saturated carbocycles. The van der Waals surface area contributed by atoms with Crippen molar-refractivity contribution in [1.82, 2.24) is 30.8 Å². The third-order valence-electron chi connectivity index (χ3n) is 5.34. The van der Waals surface area contributed by atoms with Gasteiger partial charge in [0.1, 0.15) is 12.1 Å². The van der Waals surface area contributed by atoms with E-state index in [9.17, 15) is 14.4 Å². The van der Waals surface area contributed by atoms with Crippen LogP contribution in [0.3, 0.4) is 0 Å². The zero-order chi connectivity index (χ0) is 24.4. The van der Waals surface area contributed by atoms with Gasteiger partial charge in [0.15, 0.2) is 0 Å². The number of amides is 2. The van der Waals surface area contributed by atoms with E-state index in [1.165, 1.54) is 0 Å². The average Bonchev–Trinajstić information content (AvgIpc) is 2.89. The second kappa shape index (κ2) is 9.32. The average molecular weight is 485 g/mol. The Bertz CT molecular complexity index is 1650. The van der Waals surface area contributed by atoms with E-state index < -0.39 is 23.9 Å². The van der Waals surface area contributed by atoms with Crippen molar-refractivity contribution in [1.29, 1.82) is 0 Å². The Labute approximate surface area is 203 Å². The number of carbonyl (C=O) groups excluding carboxylic acids is 2. The maximum absolute atomic E-state index is 13.0. The molecule has 2 aromatic heterocycles. The van der Waals surface area contributed by atoms with Crippen LogP contribution in [0.1, 0.15) is 10.4 Å². The molecule has 0 radical (unpaired) electrons. The molecule has 0 aliphatic carbocycles. The Morgan fingerprint density at radius 3 is 2.31 bits per heavy atom. The summed E-state index contributed by atoms with van der Waals surface area (Å²) in [5, 5.41) is 9.29. The van der Waals surface area contributed by atoms with Crippen LogP contribution in [0.2, 0.25) is 5.02 Å². The molecule has 0 fully saturated rings. The minimum atomic E-state index is -0.638. The van der Waals surface area contributed by atoms with Crippen LogP contribution >= 0.6 is 11.6 Å². The third-order valence-corrected chi connectivity index (χ3v) is 5.59. The Morgan fingerprint density at radius 1 is 0.857 bits per heavy atom. The lowest BCUT2D eigenvalue weighted by Gasteiger charge is -2.12. The molecule has 35 heavy (non-hydrogen) atoms. The SMILES string of the molecule is O=C(Cn1nnc2ccccc2c1=O)NNC(=O)c1cc(-c2ccc(Cl)cc2)nc2ccccc12. The Balaban J connectivity index is 1.37. The summed E-state index contributed by atoms with van der Waals surface area (Å²) >= 11 is 5.99. The molecule has 2 heterocycles. The number of pyridine rings is 1. The predicted octanol–water partition coefficient (Wildman–Crippen LogP) is 3.12. The van der Waals surface area contributed by atoms with Gasteiger partial charge >= 0.3 is 0 Å². The Morgan fingerprint density at radius 2 is 1.54 bits per heavy atom. The molecule has 0 bridgehead atoms. The summed E-state index contributed by atoms with van der Waals surface area (Å²) in [6.45, 7) is -0.413. The van der Waals surface area contributed by atoms with E-state index in [0.29, 0.717) is 38.1 Å². The fourth-order valence-corrected chi connectivity index (χ4v) is 3.75. The van der Waals surface area contributed by atoms with E-state index >= 15 is 0 Å². The van der Waals surface area contributed by atoms with E-state index in [2.05, 4.69) is 26.1 Å². The number of rotatable bonds is 4. The number of hydrogen-bond acceptors (Lipinski definition) is 6. The molecule has 5 rings (SSSR count). The molecule has 0 aliphatic rings. The number of halogens is 1. The van der Waals surface area contributed by atoms with Gasteiger partial charge in [-0.25, -0.2) is 9.67 Å². The smallest absolute Gasteiger partial charge is 0.271 e. The van der Waals surface area contributed by atoms with Gasteiger partial charge in [0.25, 0.3) is 17.4 Å². The molecule has 0 unspecified atom stereocenters. The van der Waals surface area contributed by atoms with Crippen LogP contribution in [0.5, 0.6) is 0 Å². The monoisotopic (exact) mass is 484 g/mol. The third kappa shape index (κ3) is 4.57. The minimum absolute atomic E-state index is 0.323. The largest absolute Gasteiger partial charge is 0.278 e. The maximum atomic E-state index is 13.0. The summed E-state index contributed by atoms with van der Waals surface area (Å²) in [5.74, 6) is -1.18. The molecule has 2 amide bonds. The first-order chi connectivity index (χ1) is 17.0. The van der Waals surface area contributed by atoms with Gasteiger partial charge in [0.05, 0.1) is 22.2 Å². The van der Waals surface area contributed by atoms with Gasteiger partial charge in [-0.3, -0.25) is 25.2 Å². The van der Waals surface area contributed by atoms with Gasteiger partial charge in [-0.2, -0.15) is 0 Å². The highest BCUT2D eigenvalue weighted by Crippen LogP contribution is 2.25. The highest BCUT2D eigenvalue weighted by atomic mass is 35.5. The van der Waals surface area contributed by atoms with Crippen molar-refractivity contribution < 1.29 is 9.59 Å². The molecule has 0 spiro atoms. The Kier molecular flexibility index (Phi) is 5.90. The summed E-state index contributed by atoms with van der Waals surface area (Å²) in [7, 11) is 0. The number of carbonyl (C=O) groups is 2. The van der Waals surface area contributed by atoms with Crippen molar-refractivity contribution in [2.45, 2.75) is 6.54 Å². The lowest BCUT2D eigenvalue weighted by atomic mass is 10.0. The van der Waals surface area contributed by atoms with Crippen molar-refractivity contribution in [3.8, 4) is 11.3 Å². The van der Waals surface area contributed by atoms with Crippen LogP contribution in [-0.2, 0) is 11.3 Å². The quantitative estimate of drug-likeness (QED) is 0.378. The molecule has 5 aromatic rings. The van der Waals surface area contributed by atoms with Crippen LogP contribution < -0.4 is 16.4 Å². The molecule has 0 aliphatic heterocycles. The van der Waals surface area contributed by atoms with Crippen molar-refractivity contribution in [2.75, 3.05) is 0 Å². The highest BCUT2D eigenvalue weighted by Gasteiger charge is 2.16. The highest BCUT2D eigenvalue weighted by molar-refractivity contribution is 6.30. The lowest BCUT2D eigenvalue weighted by Crippen LogP contribution is -2.44. The summed E-state index contributed by atoms with van der Waals surface area (Å²) in [6.07, 6.45) is 0. The molecule has 3 aromatic carbocycles. The second-order valence-corrected chi connectivity index (χ2v) is 8.09. The molecule has 0 atom stereocenters. The van der Waals surface area contributed by atoms with Crippen LogP contribution in [0.4, 0.5) is 0 Å². The number of fused-ring (bicyclic) bond motifs is 2. The van der Waals surface area contributed by atoms with Gasteiger partial charge in [-0.1, -0.05) is 59.3 Å². The van der Waals surface area contributed by atoms with Gasteiger partial charge < -0.3 is 0 Å². The first-order valence-electron chi connectivity index (χ1n) is 10.6. The number of nitrogens with one attached hydrogen (secondary N) is 2. The van der Waals surface area contributed by atoms with Gasteiger partial charge in [-0.15, -0.1) is 5.10 Å². The van der Waals surface area contributed by atoms with E-state index in [0.717, 1.165) is 10.2 Å². The second-order valence-electron chi connectivity index (χ2n) is 7.65. The molecular weight excluding hydrogens is 468 g/mol. The molecular formula is C25H17ClN6O3. The number of aromatic nitrogens is 4. The van der Waals surface area contributed by atoms with Crippen molar-refractivity contribution in [3.05, 3.63) is 99.8 Å². The zero-order valence-electron chi connectivity index (χ0n) is 18.1. The molecule has 10 heteroatoms. The Hall–Kier alpha value is -4.63. The first-order valence-corrected chi connectivity index (χ1v) is 10.9. The first kappa shape index (κ1) is 22.2. The number of hydrogen-bond donors (Lipinski definition) is 2. The molecule has 172 valence electrons. The fraction of sp³-hybridized carbons (Fsp3) is 0.0400. The summed E-state index contributed by atoms with van der Waals surface area (Å²) < 4.78 is 0.935. The standard InChI is InChI=1S/C25H17ClN6O3/c26-16-11-9-15(10-12-16)22-13-19(17-5-1-3-7-20(17)27-22)24(34)30-29-23(33)14-32-25(35)18-6-2-4-8-21(18)28-31-32/h1-13H,14H2,(H,29,33)(H,30,34). The van der Waals surface area contributed by atoms with Crippen molar-refractivity contribution in [2.24, 2.45) is 0 Å². The molecule has 9 nitrogen and oxygen atoms in total. The summed E-state index contributed by atoms with van der Waals surface area (Å²) in [5.41, 5.74) is 7.02. The van der Waals surface area contributed by atoms with Crippen LogP contribution in [0, 0.1) is 0 Å². The summed E-state index contributed by atoms with van der Waals surface area (Å²) in [6, 6.07) is 22.7. The lowest BCUT2D eigenvalue weighted by molar-refractivity contribution is -0.122. The van der Waals surface area contributed by atoms with Gasteiger partial charge in [0, 0.05) is 16.0 Å². The normalized spacial score (nSPS) is 10.9. The van der Waals surface area contributed by atoms with Crippen molar-refractivity contribution >= 4 is 45.2 Å². The van der Waals surface area contributed by atoms with Crippen LogP contribution in [-0.4, -0.2) is 31.8 Å². The summed E-state index contributed by atoms with van der Waals surface area (Å²) in [4.78, 5) is 42.6. The number of hydrazine groups is 1. The van der Waals surface area contributed by atoms with Gasteiger partial charge in [0.2, 0.25) is 0 Å². The van der Waals surface area contributed by atoms with E-state index in [1.807, 2.05) is 18.2 Å². The molecule has 0 saturated heterocycles. The van der Waals surface area contributed by atoms with Crippen molar-refractivity contribution in [3.63, 3.8) is 0 Å². The van der Waals surface area contributed by atoms with E-state index in [1.54, 1.807) is 60.7 Å². The number of nitrogens with zero attached hydrogens (tertiary/aromatic N) is 4. The topological polar surface area (TPSA) is 119 Å². The van der Waals surface area contributed by atoms with E-state index in [-0.39, 0.29) is 0 Å². The van der Waals surface area contributed by atoms with Gasteiger partial charge in [-0.05, 0) is 36.4 Å².